The molecule has 0 saturated carbocycles. The Morgan fingerprint density at radius 1 is 0.588 bits per heavy atom. The van der Waals surface area contributed by atoms with Gasteiger partial charge in [-0.1, -0.05) is 54.6 Å². The molecule has 170 valence electrons. The Morgan fingerprint density at radius 2 is 1.00 bits per heavy atom. The van der Waals surface area contributed by atoms with E-state index in [9.17, 15) is 19.2 Å². The van der Waals surface area contributed by atoms with Crippen LogP contribution in [0.1, 0.15) is 31.1 Å². The number of benzene rings is 3. The number of ketones is 1. The Morgan fingerprint density at radius 3 is 1.47 bits per heavy atom. The van der Waals surface area contributed by atoms with Gasteiger partial charge in [-0.25, -0.2) is 14.4 Å². The minimum Gasteiger partial charge on any atom is -0.457 e. The Labute approximate surface area is 195 Å². The van der Waals surface area contributed by atoms with Gasteiger partial charge >= 0.3 is 17.9 Å². The molecule has 0 spiro atoms. The number of carbonyl (C=O) groups is 4. The number of esters is 3. The first-order chi connectivity index (χ1) is 16.5. The van der Waals surface area contributed by atoms with Crippen LogP contribution in [0.4, 0.5) is 0 Å². The van der Waals surface area contributed by atoms with Gasteiger partial charge in [-0.3, -0.25) is 4.79 Å². The van der Waals surface area contributed by atoms with E-state index in [2.05, 4.69) is 0 Å². The lowest BCUT2D eigenvalue weighted by Gasteiger charge is -2.22. The second kappa shape index (κ2) is 10.4. The maximum Gasteiger partial charge on any atom is 0.339 e. The van der Waals surface area contributed by atoms with E-state index in [1.807, 2.05) is 0 Å². The molecule has 0 aliphatic heterocycles. The van der Waals surface area contributed by atoms with Gasteiger partial charge in [0.1, 0.15) is 6.61 Å². The van der Waals surface area contributed by atoms with Crippen molar-refractivity contribution in [2.75, 3.05) is 6.61 Å². The van der Waals surface area contributed by atoms with Crippen LogP contribution in [0.15, 0.2) is 103 Å². The summed E-state index contributed by atoms with van der Waals surface area (Å²) in [4.78, 5) is 50.3. The molecule has 0 aromatic heterocycles. The van der Waals surface area contributed by atoms with E-state index in [0.717, 1.165) is 0 Å². The molecule has 7 heteroatoms. The molecule has 0 N–H and O–H groups in total. The molecule has 0 radical (unpaired) electrons. The van der Waals surface area contributed by atoms with Crippen molar-refractivity contribution in [1.29, 1.82) is 0 Å². The molecule has 3 aromatic carbocycles. The van der Waals surface area contributed by atoms with Crippen molar-refractivity contribution in [2.24, 2.45) is 0 Å². The van der Waals surface area contributed by atoms with Crippen LogP contribution < -0.4 is 0 Å². The Hall–Kier alpha value is -4.52. The standard InChI is InChI=1S/C27H20O7/c28-22-16-21(17-32-25(29)18-10-4-1-5-11-18)23(33-26(30)19-12-6-2-7-13-19)24(22)34-27(31)20-14-8-3-9-15-20/h1-16,23-24H,17H2/t23-,24?/m0/s1. The fourth-order valence-corrected chi connectivity index (χ4v) is 3.39. The molecule has 1 aliphatic carbocycles. The third kappa shape index (κ3) is 5.27. The molecule has 0 saturated heterocycles. The van der Waals surface area contributed by atoms with Crippen LogP contribution in [0.2, 0.25) is 0 Å². The highest BCUT2D eigenvalue weighted by atomic mass is 16.6. The summed E-state index contributed by atoms with van der Waals surface area (Å²) < 4.78 is 16.3. The van der Waals surface area contributed by atoms with Gasteiger partial charge in [0, 0.05) is 5.57 Å². The third-order valence-electron chi connectivity index (χ3n) is 5.11. The van der Waals surface area contributed by atoms with Crippen molar-refractivity contribution in [2.45, 2.75) is 12.2 Å². The van der Waals surface area contributed by atoms with Gasteiger partial charge in [-0.2, -0.15) is 0 Å². The van der Waals surface area contributed by atoms with Crippen LogP contribution in [0.25, 0.3) is 0 Å². The summed E-state index contributed by atoms with van der Waals surface area (Å²) in [6, 6.07) is 24.7. The smallest absolute Gasteiger partial charge is 0.339 e. The topological polar surface area (TPSA) is 96.0 Å². The first kappa shape index (κ1) is 22.7. The number of ether oxygens (including phenoxy) is 3. The zero-order chi connectivity index (χ0) is 23.9. The second-order valence-electron chi connectivity index (χ2n) is 7.45. The fourth-order valence-electron chi connectivity index (χ4n) is 3.39. The summed E-state index contributed by atoms with van der Waals surface area (Å²) in [5.41, 5.74) is 1.05. The highest BCUT2D eigenvalue weighted by Crippen LogP contribution is 2.26. The lowest BCUT2D eigenvalue weighted by Crippen LogP contribution is -2.38. The number of rotatable bonds is 7. The second-order valence-corrected chi connectivity index (χ2v) is 7.45. The molecule has 0 heterocycles. The van der Waals surface area contributed by atoms with Crippen LogP contribution in [0.3, 0.4) is 0 Å². The summed E-state index contributed by atoms with van der Waals surface area (Å²) >= 11 is 0. The van der Waals surface area contributed by atoms with E-state index in [-0.39, 0.29) is 23.3 Å². The van der Waals surface area contributed by atoms with Crippen molar-refractivity contribution in [3.63, 3.8) is 0 Å². The monoisotopic (exact) mass is 456 g/mol. The molecular weight excluding hydrogens is 436 g/mol. The summed E-state index contributed by atoms with van der Waals surface area (Å²) in [6.07, 6.45) is -1.45. The molecule has 0 bridgehead atoms. The van der Waals surface area contributed by atoms with Crippen LogP contribution in [0, 0.1) is 0 Å². The highest BCUT2D eigenvalue weighted by molar-refractivity contribution is 6.02. The van der Waals surface area contributed by atoms with Crippen LogP contribution >= 0.6 is 0 Å². The summed E-state index contributed by atoms with van der Waals surface area (Å²) in [5, 5.41) is 0. The van der Waals surface area contributed by atoms with E-state index < -0.39 is 35.9 Å². The first-order valence-electron chi connectivity index (χ1n) is 10.5. The van der Waals surface area contributed by atoms with Gasteiger partial charge in [-0.15, -0.1) is 0 Å². The van der Waals surface area contributed by atoms with E-state index in [4.69, 9.17) is 14.2 Å². The summed E-state index contributed by atoms with van der Waals surface area (Å²) in [7, 11) is 0. The van der Waals surface area contributed by atoms with Crippen molar-refractivity contribution >= 4 is 23.7 Å². The van der Waals surface area contributed by atoms with E-state index >= 15 is 0 Å². The summed E-state index contributed by atoms with van der Waals surface area (Å²) in [6.45, 7) is -0.314. The molecule has 2 atom stereocenters. The van der Waals surface area contributed by atoms with Crippen LogP contribution in [-0.2, 0) is 19.0 Å². The minimum absolute atomic E-state index is 0.212. The number of hydrogen-bond acceptors (Lipinski definition) is 7. The largest absolute Gasteiger partial charge is 0.457 e. The van der Waals surface area contributed by atoms with Gasteiger partial charge in [0.15, 0.2) is 6.10 Å². The Bertz CT molecular complexity index is 1220. The average Bonchev–Trinajstić information content (AvgIpc) is 3.17. The number of carbonyl (C=O) groups excluding carboxylic acids is 4. The molecule has 0 fully saturated rings. The summed E-state index contributed by atoms with van der Waals surface area (Å²) in [5.74, 6) is -2.62. The maximum atomic E-state index is 12.7. The lowest BCUT2D eigenvalue weighted by atomic mass is 10.1. The van der Waals surface area contributed by atoms with Crippen molar-refractivity contribution < 1.29 is 33.4 Å². The SMILES string of the molecule is O=C(OCC1=CC(=O)C(OC(=O)c2ccccc2)[C@H]1OC(=O)c1ccccc1)c1ccccc1. The van der Waals surface area contributed by atoms with E-state index in [1.165, 1.54) is 6.08 Å². The van der Waals surface area contributed by atoms with E-state index in [1.54, 1.807) is 91.0 Å². The highest BCUT2D eigenvalue weighted by Gasteiger charge is 2.42. The molecule has 1 unspecified atom stereocenters. The predicted molar refractivity (Wildman–Crippen MR) is 121 cm³/mol. The maximum absolute atomic E-state index is 12.7. The van der Waals surface area contributed by atoms with Gasteiger partial charge in [0.05, 0.1) is 16.7 Å². The van der Waals surface area contributed by atoms with Crippen LogP contribution in [0.5, 0.6) is 0 Å². The van der Waals surface area contributed by atoms with Gasteiger partial charge in [-0.05, 0) is 42.5 Å². The first-order valence-corrected chi connectivity index (χ1v) is 10.5. The Kier molecular flexibility index (Phi) is 6.93. The average molecular weight is 456 g/mol. The fraction of sp³-hybridized carbons (Fsp3) is 0.111. The molecule has 0 amide bonds. The quantitative estimate of drug-likeness (QED) is 0.394. The van der Waals surface area contributed by atoms with Crippen molar-refractivity contribution in [3.05, 3.63) is 119 Å². The zero-order valence-corrected chi connectivity index (χ0v) is 18.0. The van der Waals surface area contributed by atoms with Gasteiger partial charge < -0.3 is 14.2 Å². The molecule has 3 aromatic rings. The predicted octanol–water partition coefficient (Wildman–Crippen LogP) is 3.80. The van der Waals surface area contributed by atoms with Crippen molar-refractivity contribution in [1.82, 2.24) is 0 Å². The Balaban J connectivity index is 1.53. The van der Waals surface area contributed by atoms with Crippen molar-refractivity contribution in [3.8, 4) is 0 Å². The molecular formula is C27H20O7. The van der Waals surface area contributed by atoms with Gasteiger partial charge in [0.2, 0.25) is 11.9 Å². The van der Waals surface area contributed by atoms with E-state index in [0.29, 0.717) is 5.56 Å². The minimum atomic E-state index is -1.40. The molecule has 4 rings (SSSR count). The zero-order valence-electron chi connectivity index (χ0n) is 18.0. The molecule has 1 aliphatic rings. The lowest BCUT2D eigenvalue weighted by molar-refractivity contribution is -0.125. The third-order valence-corrected chi connectivity index (χ3v) is 5.11. The number of hydrogen-bond donors (Lipinski definition) is 0. The van der Waals surface area contributed by atoms with Crippen LogP contribution in [-0.4, -0.2) is 42.5 Å². The normalized spacial score (nSPS) is 16.9. The molecule has 7 nitrogen and oxygen atoms in total. The molecule has 34 heavy (non-hydrogen) atoms. The van der Waals surface area contributed by atoms with Gasteiger partial charge in [0.25, 0.3) is 0 Å².